The van der Waals surface area contributed by atoms with Crippen molar-refractivity contribution in [3.8, 4) is 5.75 Å². The molecule has 1 N–H and O–H groups in total. The topological polar surface area (TPSA) is 79.0 Å². The first kappa shape index (κ1) is 18.2. The first-order valence-electron chi connectivity index (χ1n) is 8.26. The average molecular weight is 375 g/mol. The van der Waals surface area contributed by atoms with Crippen molar-refractivity contribution in [1.29, 1.82) is 0 Å². The van der Waals surface area contributed by atoms with Crippen molar-refractivity contribution in [3.05, 3.63) is 54.6 Å². The van der Waals surface area contributed by atoms with Gasteiger partial charge in [-0.15, -0.1) is 0 Å². The number of carbonyl (C=O) groups excluding carboxylic acids is 1. The summed E-state index contributed by atoms with van der Waals surface area (Å²) in [5.74, 6) is 0.711. The minimum Gasteiger partial charge on any atom is -0.497 e. The van der Waals surface area contributed by atoms with Gasteiger partial charge in [0.05, 0.1) is 12.0 Å². The van der Waals surface area contributed by atoms with Crippen molar-refractivity contribution in [2.24, 2.45) is 0 Å². The highest BCUT2D eigenvalue weighted by atomic mass is 32.2. The third-order valence-corrected chi connectivity index (χ3v) is 6.16. The number of piperazine rings is 1. The second-order valence-electron chi connectivity index (χ2n) is 5.86. The Morgan fingerprint density at radius 2 is 1.58 bits per heavy atom. The van der Waals surface area contributed by atoms with Gasteiger partial charge in [-0.2, -0.15) is 4.31 Å². The van der Waals surface area contributed by atoms with Crippen LogP contribution in [0.4, 0.5) is 10.5 Å². The summed E-state index contributed by atoms with van der Waals surface area (Å²) < 4.78 is 31.7. The van der Waals surface area contributed by atoms with E-state index < -0.39 is 10.0 Å². The number of nitrogens with zero attached hydrogens (tertiary/aromatic N) is 2. The highest BCUT2D eigenvalue weighted by molar-refractivity contribution is 7.89. The number of ether oxygens (including phenoxy) is 1. The molecule has 26 heavy (non-hydrogen) atoms. The molecule has 0 radical (unpaired) electrons. The zero-order valence-electron chi connectivity index (χ0n) is 14.5. The van der Waals surface area contributed by atoms with Gasteiger partial charge in [-0.3, -0.25) is 0 Å². The van der Waals surface area contributed by atoms with E-state index in [2.05, 4.69) is 5.32 Å². The molecule has 1 fully saturated rings. The molecule has 3 rings (SSSR count). The molecular weight excluding hydrogens is 354 g/mol. The third kappa shape index (κ3) is 3.97. The van der Waals surface area contributed by atoms with Gasteiger partial charge in [0, 0.05) is 31.9 Å². The minimum atomic E-state index is -3.52. The fourth-order valence-electron chi connectivity index (χ4n) is 2.75. The van der Waals surface area contributed by atoms with Crippen molar-refractivity contribution >= 4 is 21.7 Å². The Bertz CT molecular complexity index is 846. The van der Waals surface area contributed by atoms with E-state index >= 15 is 0 Å². The number of hydrogen-bond acceptors (Lipinski definition) is 4. The summed E-state index contributed by atoms with van der Waals surface area (Å²) in [4.78, 5) is 14.3. The predicted octanol–water partition coefficient (Wildman–Crippen LogP) is 2.23. The van der Waals surface area contributed by atoms with Gasteiger partial charge in [-0.25, -0.2) is 13.2 Å². The number of sulfonamides is 1. The number of carbonyl (C=O) groups is 1. The van der Waals surface area contributed by atoms with Crippen LogP contribution in [-0.4, -0.2) is 56.9 Å². The normalized spacial score (nSPS) is 15.5. The average Bonchev–Trinajstić information content (AvgIpc) is 2.69. The molecule has 0 spiro atoms. The quantitative estimate of drug-likeness (QED) is 0.889. The molecule has 1 aliphatic heterocycles. The number of methoxy groups -OCH3 is 1. The van der Waals surface area contributed by atoms with E-state index in [0.29, 0.717) is 24.5 Å². The Kier molecular flexibility index (Phi) is 5.43. The maximum absolute atomic E-state index is 12.6. The summed E-state index contributed by atoms with van der Waals surface area (Å²) in [5.41, 5.74) is 0.662. The largest absolute Gasteiger partial charge is 0.497 e. The van der Waals surface area contributed by atoms with E-state index in [-0.39, 0.29) is 24.0 Å². The van der Waals surface area contributed by atoms with Gasteiger partial charge in [-0.1, -0.05) is 18.2 Å². The smallest absolute Gasteiger partial charge is 0.321 e. The maximum Gasteiger partial charge on any atom is 0.321 e. The molecule has 0 bridgehead atoms. The van der Waals surface area contributed by atoms with Gasteiger partial charge in [0.25, 0.3) is 0 Å². The summed E-state index contributed by atoms with van der Waals surface area (Å²) in [6.07, 6.45) is 0. The number of amides is 2. The second kappa shape index (κ2) is 7.76. The Morgan fingerprint density at radius 1 is 0.962 bits per heavy atom. The van der Waals surface area contributed by atoms with Gasteiger partial charge in [0.2, 0.25) is 10.0 Å². The van der Waals surface area contributed by atoms with Crippen LogP contribution < -0.4 is 10.1 Å². The van der Waals surface area contributed by atoms with Gasteiger partial charge < -0.3 is 15.0 Å². The molecule has 2 aromatic rings. The van der Waals surface area contributed by atoms with E-state index in [0.717, 1.165) is 0 Å². The summed E-state index contributed by atoms with van der Waals surface area (Å²) in [7, 11) is -1.94. The Morgan fingerprint density at radius 3 is 2.15 bits per heavy atom. The van der Waals surface area contributed by atoms with Gasteiger partial charge in [0.1, 0.15) is 5.75 Å². The van der Waals surface area contributed by atoms with Crippen LogP contribution in [0.25, 0.3) is 0 Å². The molecule has 2 aromatic carbocycles. The molecule has 0 saturated carbocycles. The SMILES string of the molecule is COc1ccc(NC(=O)N2CCN(S(=O)(=O)c3ccccc3)CC2)cc1. The molecule has 0 unspecified atom stereocenters. The molecule has 0 aliphatic carbocycles. The van der Waals surface area contributed by atoms with E-state index in [1.807, 2.05) is 0 Å². The third-order valence-electron chi connectivity index (χ3n) is 4.25. The van der Waals surface area contributed by atoms with Crippen LogP contribution in [0.5, 0.6) is 5.75 Å². The van der Waals surface area contributed by atoms with Crippen LogP contribution in [0, 0.1) is 0 Å². The molecule has 7 nitrogen and oxygen atoms in total. The number of rotatable bonds is 4. The summed E-state index contributed by atoms with van der Waals surface area (Å²) in [6.45, 7) is 1.22. The van der Waals surface area contributed by atoms with Crippen molar-refractivity contribution in [1.82, 2.24) is 9.21 Å². The van der Waals surface area contributed by atoms with E-state index in [4.69, 9.17) is 4.74 Å². The maximum atomic E-state index is 12.6. The van der Waals surface area contributed by atoms with E-state index in [1.165, 1.54) is 4.31 Å². The summed E-state index contributed by atoms with van der Waals surface area (Å²) >= 11 is 0. The zero-order chi connectivity index (χ0) is 18.6. The predicted molar refractivity (Wildman–Crippen MR) is 98.8 cm³/mol. The molecule has 2 amide bonds. The Hall–Kier alpha value is -2.58. The monoisotopic (exact) mass is 375 g/mol. The molecule has 1 heterocycles. The standard InChI is InChI=1S/C18H21N3O4S/c1-25-16-9-7-15(8-10-16)19-18(22)20-11-13-21(14-12-20)26(23,24)17-5-3-2-4-6-17/h2-10H,11-14H2,1H3,(H,19,22). The van der Waals surface area contributed by atoms with Crippen LogP contribution in [0.3, 0.4) is 0 Å². The Balaban J connectivity index is 1.58. The fraction of sp³-hybridized carbons (Fsp3) is 0.278. The highest BCUT2D eigenvalue weighted by Gasteiger charge is 2.29. The molecule has 1 saturated heterocycles. The van der Waals surface area contributed by atoms with E-state index in [9.17, 15) is 13.2 Å². The zero-order valence-corrected chi connectivity index (χ0v) is 15.3. The second-order valence-corrected chi connectivity index (χ2v) is 7.80. The number of nitrogens with one attached hydrogen (secondary N) is 1. The van der Waals surface area contributed by atoms with Crippen molar-refractivity contribution in [3.63, 3.8) is 0 Å². The lowest BCUT2D eigenvalue weighted by Gasteiger charge is -2.34. The van der Waals surface area contributed by atoms with E-state index in [1.54, 1.807) is 66.6 Å². The minimum absolute atomic E-state index is 0.244. The molecule has 0 atom stereocenters. The van der Waals surface area contributed by atoms with Gasteiger partial charge >= 0.3 is 6.03 Å². The van der Waals surface area contributed by atoms with Crippen molar-refractivity contribution < 1.29 is 17.9 Å². The van der Waals surface area contributed by atoms with Crippen LogP contribution in [0.15, 0.2) is 59.5 Å². The Labute approximate surface area is 153 Å². The van der Waals surface area contributed by atoms with Gasteiger partial charge in [0.15, 0.2) is 0 Å². The summed E-state index contributed by atoms with van der Waals surface area (Å²) in [5, 5.41) is 2.81. The summed E-state index contributed by atoms with van der Waals surface area (Å²) in [6, 6.07) is 15.1. The van der Waals surface area contributed by atoms with Crippen molar-refractivity contribution in [2.75, 3.05) is 38.6 Å². The molecule has 1 aliphatic rings. The molecular formula is C18H21N3O4S. The van der Waals surface area contributed by atoms with Crippen LogP contribution in [0.2, 0.25) is 0 Å². The molecule has 138 valence electrons. The number of hydrogen-bond donors (Lipinski definition) is 1. The van der Waals surface area contributed by atoms with Crippen LogP contribution in [-0.2, 0) is 10.0 Å². The number of benzene rings is 2. The van der Waals surface area contributed by atoms with Gasteiger partial charge in [-0.05, 0) is 36.4 Å². The fourth-order valence-corrected chi connectivity index (χ4v) is 4.19. The first-order chi connectivity index (χ1) is 12.5. The number of urea groups is 1. The van der Waals surface area contributed by atoms with Crippen LogP contribution in [0.1, 0.15) is 0 Å². The lowest BCUT2D eigenvalue weighted by Crippen LogP contribution is -2.51. The first-order valence-corrected chi connectivity index (χ1v) is 9.70. The molecule has 0 aromatic heterocycles. The molecule has 8 heteroatoms. The highest BCUT2D eigenvalue weighted by Crippen LogP contribution is 2.19. The lowest BCUT2D eigenvalue weighted by atomic mass is 10.3. The van der Waals surface area contributed by atoms with Crippen LogP contribution >= 0.6 is 0 Å². The number of anilines is 1. The lowest BCUT2D eigenvalue weighted by molar-refractivity contribution is 0.184. The van der Waals surface area contributed by atoms with Crippen molar-refractivity contribution in [2.45, 2.75) is 4.90 Å².